The highest BCUT2D eigenvalue weighted by Gasteiger charge is 2.25. The molecule has 3 nitrogen and oxygen atoms in total. The maximum absolute atomic E-state index is 13.3. The van der Waals surface area contributed by atoms with Gasteiger partial charge in [0.25, 0.3) is 0 Å². The highest BCUT2D eigenvalue weighted by Crippen LogP contribution is 2.38. The SMILES string of the molecule is Fc1ccc(-c2nn(-c3cc(Cl)cc(Cl)c3)c3c2CCN3)c(Cl)c1. The van der Waals surface area contributed by atoms with Crippen LogP contribution in [0.2, 0.25) is 15.1 Å². The Morgan fingerprint density at radius 1 is 1.04 bits per heavy atom. The second-order valence-electron chi connectivity index (χ2n) is 5.52. The van der Waals surface area contributed by atoms with Crippen LogP contribution in [0.1, 0.15) is 5.56 Å². The lowest BCUT2D eigenvalue weighted by atomic mass is 10.1. The van der Waals surface area contributed by atoms with Crippen LogP contribution in [-0.4, -0.2) is 16.3 Å². The van der Waals surface area contributed by atoms with Gasteiger partial charge in [0, 0.05) is 27.7 Å². The maximum atomic E-state index is 13.3. The second kappa shape index (κ2) is 5.96. The molecule has 2 aromatic carbocycles. The van der Waals surface area contributed by atoms with E-state index < -0.39 is 0 Å². The Bertz CT molecular complexity index is 932. The Balaban J connectivity index is 1.92. The summed E-state index contributed by atoms with van der Waals surface area (Å²) in [6, 6.07) is 9.56. The van der Waals surface area contributed by atoms with Crippen LogP contribution in [0, 0.1) is 5.82 Å². The van der Waals surface area contributed by atoms with Gasteiger partial charge in [-0.1, -0.05) is 34.8 Å². The van der Waals surface area contributed by atoms with E-state index in [2.05, 4.69) is 10.4 Å². The van der Waals surface area contributed by atoms with Crippen molar-refractivity contribution in [3.8, 4) is 16.9 Å². The van der Waals surface area contributed by atoms with Gasteiger partial charge in [-0.3, -0.25) is 0 Å². The Hall–Kier alpha value is -1.75. The molecule has 1 aliphatic heterocycles. The van der Waals surface area contributed by atoms with Crippen molar-refractivity contribution < 1.29 is 4.39 Å². The van der Waals surface area contributed by atoms with Gasteiger partial charge in [-0.25, -0.2) is 9.07 Å². The summed E-state index contributed by atoms with van der Waals surface area (Å²) in [5.41, 5.74) is 3.23. The Kier molecular flexibility index (Phi) is 3.91. The molecule has 122 valence electrons. The molecule has 0 saturated carbocycles. The van der Waals surface area contributed by atoms with E-state index in [1.807, 2.05) is 0 Å². The number of halogens is 4. The summed E-state index contributed by atoms with van der Waals surface area (Å²) in [7, 11) is 0. The molecule has 1 aromatic heterocycles. The van der Waals surface area contributed by atoms with E-state index in [0.717, 1.165) is 35.7 Å². The van der Waals surface area contributed by atoms with E-state index in [1.54, 1.807) is 28.9 Å². The van der Waals surface area contributed by atoms with Crippen molar-refractivity contribution in [3.05, 3.63) is 62.8 Å². The van der Waals surface area contributed by atoms with Crippen LogP contribution in [0.15, 0.2) is 36.4 Å². The molecule has 0 bridgehead atoms. The van der Waals surface area contributed by atoms with Crippen LogP contribution >= 0.6 is 34.8 Å². The largest absolute Gasteiger partial charge is 0.369 e. The van der Waals surface area contributed by atoms with Crippen molar-refractivity contribution in [1.82, 2.24) is 9.78 Å². The van der Waals surface area contributed by atoms with Crippen LogP contribution in [0.5, 0.6) is 0 Å². The fourth-order valence-corrected chi connectivity index (χ4v) is 3.69. The van der Waals surface area contributed by atoms with E-state index in [4.69, 9.17) is 34.8 Å². The third-order valence-corrected chi connectivity index (χ3v) is 4.68. The minimum absolute atomic E-state index is 0.332. The zero-order chi connectivity index (χ0) is 16.8. The molecule has 0 aliphatic carbocycles. The zero-order valence-electron chi connectivity index (χ0n) is 12.3. The summed E-state index contributed by atoms with van der Waals surface area (Å²) in [6.45, 7) is 0.799. The summed E-state index contributed by atoms with van der Waals surface area (Å²) in [5, 5.41) is 9.39. The summed E-state index contributed by atoms with van der Waals surface area (Å²) in [5.74, 6) is 0.503. The van der Waals surface area contributed by atoms with Crippen LogP contribution in [0.25, 0.3) is 16.9 Å². The fourth-order valence-electron chi connectivity index (χ4n) is 2.92. The number of benzene rings is 2. The average Bonchev–Trinajstić information content (AvgIpc) is 3.09. The van der Waals surface area contributed by atoms with Crippen LogP contribution in [-0.2, 0) is 6.42 Å². The van der Waals surface area contributed by atoms with Gasteiger partial charge in [0.15, 0.2) is 0 Å². The Labute approximate surface area is 153 Å². The smallest absolute Gasteiger partial charge is 0.133 e. The van der Waals surface area contributed by atoms with Crippen LogP contribution < -0.4 is 5.32 Å². The molecule has 1 aliphatic rings. The van der Waals surface area contributed by atoms with Crippen molar-refractivity contribution in [1.29, 1.82) is 0 Å². The molecule has 24 heavy (non-hydrogen) atoms. The Morgan fingerprint density at radius 3 is 2.50 bits per heavy atom. The first-order valence-electron chi connectivity index (χ1n) is 7.30. The standard InChI is InChI=1S/C17H11Cl3FN3/c18-9-5-10(19)7-12(6-9)24-17-14(3-4-22-17)16(23-24)13-2-1-11(21)8-15(13)20/h1-2,5-8,22H,3-4H2. The molecule has 3 aromatic rings. The Morgan fingerprint density at radius 2 is 1.79 bits per heavy atom. The lowest BCUT2D eigenvalue weighted by molar-refractivity contribution is 0.628. The molecule has 0 radical (unpaired) electrons. The third-order valence-electron chi connectivity index (χ3n) is 3.93. The predicted molar refractivity (Wildman–Crippen MR) is 96.2 cm³/mol. The first kappa shape index (κ1) is 15.8. The highest BCUT2D eigenvalue weighted by molar-refractivity contribution is 6.35. The first-order valence-corrected chi connectivity index (χ1v) is 8.44. The number of nitrogens with zero attached hydrogens (tertiary/aromatic N) is 2. The van der Waals surface area contributed by atoms with Gasteiger partial charge >= 0.3 is 0 Å². The van der Waals surface area contributed by atoms with Gasteiger partial charge in [0.05, 0.1) is 16.4 Å². The highest BCUT2D eigenvalue weighted by atomic mass is 35.5. The quantitative estimate of drug-likeness (QED) is 0.624. The third kappa shape index (κ3) is 2.65. The summed E-state index contributed by atoms with van der Waals surface area (Å²) < 4.78 is 15.1. The zero-order valence-corrected chi connectivity index (χ0v) is 14.6. The number of nitrogens with one attached hydrogen (secondary N) is 1. The first-order chi connectivity index (χ1) is 11.5. The number of aromatic nitrogens is 2. The molecule has 2 heterocycles. The fraction of sp³-hybridized carbons (Fsp3) is 0.118. The number of hydrogen-bond donors (Lipinski definition) is 1. The molecule has 0 unspecified atom stereocenters. The summed E-state index contributed by atoms with van der Waals surface area (Å²) in [6.07, 6.45) is 0.812. The van der Waals surface area contributed by atoms with Crippen molar-refractivity contribution >= 4 is 40.6 Å². The molecule has 0 saturated heterocycles. The molecular formula is C17H11Cl3FN3. The predicted octanol–water partition coefficient (Wildman–Crippen LogP) is 5.61. The number of hydrogen-bond acceptors (Lipinski definition) is 2. The molecule has 1 N–H and O–H groups in total. The lowest BCUT2D eigenvalue weighted by Crippen LogP contribution is -2.04. The van der Waals surface area contributed by atoms with Crippen molar-refractivity contribution in [2.75, 3.05) is 11.9 Å². The number of fused-ring (bicyclic) bond motifs is 1. The van der Waals surface area contributed by atoms with E-state index in [0.29, 0.717) is 20.6 Å². The molecule has 7 heteroatoms. The van der Waals surface area contributed by atoms with Crippen molar-refractivity contribution in [2.45, 2.75) is 6.42 Å². The minimum atomic E-state index is -0.375. The monoisotopic (exact) mass is 381 g/mol. The van der Waals surface area contributed by atoms with Crippen LogP contribution in [0.3, 0.4) is 0 Å². The topological polar surface area (TPSA) is 29.9 Å². The van der Waals surface area contributed by atoms with E-state index in [1.165, 1.54) is 12.1 Å². The molecule has 0 spiro atoms. The van der Waals surface area contributed by atoms with Gasteiger partial charge in [-0.15, -0.1) is 0 Å². The second-order valence-corrected chi connectivity index (χ2v) is 6.80. The average molecular weight is 383 g/mol. The van der Waals surface area contributed by atoms with Gasteiger partial charge in [-0.2, -0.15) is 5.10 Å². The van der Waals surface area contributed by atoms with Crippen molar-refractivity contribution in [3.63, 3.8) is 0 Å². The van der Waals surface area contributed by atoms with E-state index >= 15 is 0 Å². The molecule has 4 rings (SSSR count). The van der Waals surface area contributed by atoms with Gasteiger partial charge < -0.3 is 5.32 Å². The summed E-state index contributed by atoms with van der Waals surface area (Å²) in [4.78, 5) is 0. The van der Waals surface area contributed by atoms with Crippen LogP contribution in [0.4, 0.5) is 10.2 Å². The number of rotatable bonds is 2. The van der Waals surface area contributed by atoms with E-state index in [-0.39, 0.29) is 5.82 Å². The molecule has 0 amide bonds. The van der Waals surface area contributed by atoms with Gasteiger partial charge in [-0.05, 0) is 42.8 Å². The number of anilines is 1. The maximum Gasteiger partial charge on any atom is 0.133 e. The van der Waals surface area contributed by atoms with E-state index in [9.17, 15) is 4.39 Å². The molecule has 0 fully saturated rings. The normalized spacial score (nSPS) is 13.0. The molecule has 0 atom stereocenters. The summed E-state index contributed by atoms with van der Waals surface area (Å²) >= 11 is 18.4. The van der Waals surface area contributed by atoms with Crippen molar-refractivity contribution in [2.24, 2.45) is 0 Å². The lowest BCUT2D eigenvalue weighted by Gasteiger charge is -2.07. The van der Waals surface area contributed by atoms with Gasteiger partial charge in [0.2, 0.25) is 0 Å². The van der Waals surface area contributed by atoms with Gasteiger partial charge in [0.1, 0.15) is 11.6 Å². The molecular weight excluding hydrogens is 372 g/mol. The minimum Gasteiger partial charge on any atom is -0.369 e.